The van der Waals surface area contributed by atoms with Gasteiger partial charge in [0.1, 0.15) is 5.75 Å². The number of carbonyl (C=O) groups excluding carboxylic acids is 1. The fourth-order valence-electron chi connectivity index (χ4n) is 4.01. The molecule has 3 aromatic rings. The van der Waals surface area contributed by atoms with Crippen LogP contribution in [-0.2, 0) is 17.5 Å². The number of hydrogen-bond donors (Lipinski definition) is 1. The monoisotopic (exact) mass is 458 g/mol. The zero-order valence-corrected chi connectivity index (χ0v) is 18.4. The lowest BCUT2D eigenvalue weighted by Gasteiger charge is -2.31. The summed E-state index contributed by atoms with van der Waals surface area (Å²) in [6.07, 6.45) is -3.07. The zero-order chi connectivity index (χ0) is 23.6. The summed E-state index contributed by atoms with van der Waals surface area (Å²) < 4.78 is 43.3. The Hall–Kier alpha value is -3.36. The summed E-state index contributed by atoms with van der Waals surface area (Å²) in [5.74, 6) is 1.12. The van der Waals surface area contributed by atoms with Crippen molar-refractivity contribution in [2.45, 2.75) is 32.5 Å². The number of aryl methyl sites for hydroxylation is 1. The van der Waals surface area contributed by atoms with Crippen LogP contribution in [0.3, 0.4) is 0 Å². The molecule has 6 nitrogen and oxygen atoms in total. The number of ether oxygens (including phenoxy) is 1. The van der Waals surface area contributed by atoms with E-state index in [9.17, 15) is 18.0 Å². The highest BCUT2D eigenvalue weighted by Crippen LogP contribution is 2.29. The first-order chi connectivity index (χ1) is 15.7. The number of aromatic nitrogens is 2. The molecule has 1 fully saturated rings. The van der Waals surface area contributed by atoms with E-state index >= 15 is 0 Å². The summed E-state index contributed by atoms with van der Waals surface area (Å²) in [6, 6.07) is 10.5. The summed E-state index contributed by atoms with van der Waals surface area (Å²) in [5.41, 5.74) is 1.63. The minimum Gasteiger partial charge on any atom is -0.497 e. The number of benzene rings is 2. The van der Waals surface area contributed by atoms with Crippen molar-refractivity contribution in [3.63, 3.8) is 0 Å². The van der Waals surface area contributed by atoms with Crippen LogP contribution in [0.4, 0.5) is 19.1 Å². The molecule has 33 heavy (non-hydrogen) atoms. The second-order valence-corrected chi connectivity index (χ2v) is 8.17. The van der Waals surface area contributed by atoms with Crippen LogP contribution in [0.1, 0.15) is 29.7 Å². The third-order valence-corrected chi connectivity index (χ3v) is 5.98. The highest BCUT2D eigenvalue weighted by Gasteiger charge is 2.30. The zero-order valence-electron chi connectivity index (χ0n) is 18.4. The Labute approximate surface area is 189 Å². The van der Waals surface area contributed by atoms with Crippen LogP contribution in [0.5, 0.6) is 5.75 Å². The van der Waals surface area contributed by atoms with E-state index in [1.54, 1.807) is 7.11 Å². The van der Waals surface area contributed by atoms with Gasteiger partial charge in [-0.15, -0.1) is 0 Å². The number of alkyl halides is 3. The quantitative estimate of drug-likeness (QED) is 0.610. The van der Waals surface area contributed by atoms with Crippen LogP contribution in [0, 0.1) is 12.8 Å². The van der Waals surface area contributed by atoms with Crippen molar-refractivity contribution in [1.82, 2.24) is 15.3 Å². The Balaban J connectivity index is 1.34. The van der Waals surface area contributed by atoms with Gasteiger partial charge in [-0.1, -0.05) is 12.1 Å². The second kappa shape index (κ2) is 9.25. The standard InChI is InChI=1S/C24H25F3N4O2/c1-15-20-8-7-19(33-2)13-21(20)30-23(29-15)31-11-9-17(10-12-31)22(32)28-14-16-3-5-18(6-4-16)24(25,26)27/h3-8,13,17H,9-12,14H2,1-2H3,(H,28,32). The molecule has 174 valence electrons. The molecule has 1 amide bonds. The number of rotatable bonds is 5. The molecule has 1 aliphatic rings. The minimum atomic E-state index is -4.37. The van der Waals surface area contributed by atoms with E-state index in [-0.39, 0.29) is 18.4 Å². The molecule has 1 aliphatic heterocycles. The van der Waals surface area contributed by atoms with E-state index < -0.39 is 11.7 Å². The van der Waals surface area contributed by atoms with Crippen LogP contribution in [0.15, 0.2) is 42.5 Å². The topological polar surface area (TPSA) is 67.3 Å². The predicted molar refractivity (Wildman–Crippen MR) is 119 cm³/mol. The third kappa shape index (κ3) is 5.18. The van der Waals surface area contributed by atoms with Gasteiger partial charge in [-0.25, -0.2) is 9.97 Å². The van der Waals surface area contributed by atoms with Gasteiger partial charge in [0.05, 0.1) is 23.9 Å². The number of nitrogens with zero attached hydrogens (tertiary/aromatic N) is 3. The predicted octanol–water partition coefficient (Wildman–Crippen LogP) is 4.50. The molecule has 0 aliphatic carbocycles. The number of hydrogen-bond acceptors (Lipinski definition) is 5. The molecule has 1 saturated heterocycles. The summed E-state index contributed by atoms with van der Waals surface area (Å²) in [7, 11) is 1.61. The molecule has 0 radical (unpaired) electrons. The maximum absolute atomic E-state index is 12.7. The lowest BCUT2D eigenvalue weighted by Crippen LogP contribution is -2.41. The molecule has 9 heteroatoms. The van der Waals surface area contributed by atoms with E-state index in [0.29, 0.717) is 37.4 Å². The molecule has 2 heterocycles. The Morgan fingerprint density at radius 2 is 1.82 bits per heavy atom. The average Bonchev–Trinajstić information content (AvgIpc) is 2.82. The molecule has 0 atom stereocenters. The third-order valence-electron chi connectivity index (χ3n) is 5.98. The summed E-state index contributed by atoms with van der Waals surface area (Å²) in [6.45, 7) is 3.44. The minimum absolute atomic E-state index is 0.0881. The van der Waals surface area contributed by atoms with Gasteiger partial charge in [0.15, 0.2) is 0 Å². The molecule has 0 bridgehead atoms. The van der Waals surface area contributed by atoms with E-state index in [0.717, 1.165) is 34.5 Å². The Morgan fingerprint density at radius 1 is 1.12 bits per heavy atom. The molecule has 2 aromatic carbocycles. The van der Waals surface area contributed by atoms with E-state index in [1.165, 1.54) is 12.1 Å². The molecule has 0 spiro atoms. The molecular formula is C24H25F3N4O2. The number of carbonyl (C=O) groups is 1. The van der Waals surface area contributed by atoms with Gasteiger partial charge >= 0.3 is 6.18 Å². The number of anilines is 1. The fraction of sp³-hybridized carbons (Fsp3) is 0.375. The van der Waals surface area contributed by atoms with Crippen molar-refractivity contribution in [1.29, 1.82) is 0 Å². The summed E-state index contributed by atoms with van der Waals surface area (Å²) in [4.78, 5) is 24.0. The van der Waals surface area contributed by atoms with Crippen LogP contribution >= 0.6 is 0 Å². The maximum atomic E-state index is 12.7. The van der Waals surface area contributed by atoms with Crippen LogP contribution in [0.2, 0.25) is 0 Å². The molecule has 0 saturated carbocycles. The van der Waals surface area contributed by atoms with Crippen LogP contribution in [-0.4, -0.2) is 36.1 Å². The number of amides is 1. The molecule has 4 rings (SSSR count). The van der Waals surface area contributed by atoms with Crippen LogP contribution in [0.25, 0.3) is 10.9 Å². The van der Waals surface area contributed by atoms with Gasteiger partial charge in [-0.05, 0) is 49.6 Å². The number of methoxy groups -OCH3 is 1. The number of piperidine rings is 1. The van der Waals surface area contributed by atoms with Gasteiger partial charge in [-0.3, -0.25) is 4.79 Å². The van der Waals surface area contributed by atoms with Gasteiger partial charge in [0.2, 0.25) is 11.9 Å². The van der Waals surface area contributed by atoms with E-state index in [4.69, 9.17) is 9.72 Å². The first-order valence-electron chi connectivity index (χ1n) is 10.8. The highest BCUT2D eigenvalue weighted by atomic mass is 19.4. The SMILES string of the molecule is COc1ccc2c(C)nc(N3CCC(C(=O)NCc4ccc(C(F)(F)F)cc4)CC3)nc2c1. The van der Waals surface area contributed by atoms with Crippen molar-refractivity contribution in [2.75, 3.05) is 25.1 Å². The van der Waals surface area contributed by atoms with Gasteiger partial charge in [0.25, 0.3) is 0 Å². The fourth-order valence-corrected chi connectivity index (χ4v) is 4.01. The van der Waals surface area contributed by atoms with Crippen LogP contribution < -0.4 is 15.0 Å². The number of fused-ring (bicyclic) bond motifs is 1. The highest BCUT2D eigenvalue weighted by molar-refractivity contribution is 5.83. The van der Waals surface area contributed by atoms with Gasteiger partial charge < -0.3 is 15.0 Å². The first-order valence-corrected chi connectivity index (χ1v) is 10.8. The first kappa shape index (κ1) is 22.8. The average molecular weight is 458 g/mol. The van der Waals surface area contributed by atoms with E-state index in [2.05, 4.69) is 15.2 Å². The van der Waals surface area contributed by atoms with Crippen molar-refractivity contribution >= 4 is 22.8 Å². The maximum Gasteiger partial charge on any atom is 0.416 e. The normalized spacial score (nSPS) is 15.0. The summed E-state index contributed by atoms with van der Waals surface area (Å²) >= 11 is 0. The van der Waals surface area contributed by atoms with Crippen molar-refractivity contribution in [3.8, 4) is 5.75 Å². The van der Waals surface area contributed by atoms with E-state index in [1.807, 2.05) is 25.1 Å². The summed E-state index contributed by atoms with van der Waals surface area (Å²) in [5, 5.41) is 3.81. The Morgan fingerprint density at radius 3 is 2.45 bits per heavy atom. The Bertz CT molecular complexity index is 1140. The van der Waals surface area contributed by atoms with Gasteiger partial charge in [0, 0.05) is 37.0 Å². The molecule has 1 N–H and O–H groups in total. The number of halogens is 3. The Kier molecular flexibility index (Phi) is 6.40. The molecule has 0 unspecified atom stereocenters. The second-order valence-electron chi connectivity index (χ2n) is 8.17. The van der Waals surface area contributed by atoms with Gasteiger partial charge in [-0.2, -0.15) is 13.2 Å². The smallest absolute Gasteiger partial charge is 0.416 e. The largest absolute Gasteiger partial charge is 0.497 e. The van der Waals surface area contributed by atoms with Crippen molar-refractivity contribution in [2.24, 2.45) is 5.92 Å². The van der Waals surface area contributed by atoms with Crippen molar-refractivity contribution < 1.29 is 22.7 Å². The lowest BCUT2D eigenvalue weighted by atomic mass is 9.96. The molecule has 1 aromatic heterocycles. The van der Waals surface area contributed by atoms with Crippen molar-refractivity contribution in [3.05, 3.63) is 59.3 Å². The molecular weight excluding hydrogens is 433 g/mol. The lowest BCUT2D eigenvalue weighted by molar-refractivity contribution is -0.137. The number of nitrogens with one attached hydrogen (secondary N) is 1.